The number of hydrogen-bond donors (Lipinski definition) is 1. The first kappa shape index (κ1) is 10.7. The summed E-state index contributed by atoms with van der Waals surface area (Å²) in [6.45, 7) is 2.98. The first-order chi connectivity index (χ1) is 5.84. The van der Waals surface area contributed by atoms with Gasteiger partial charge in [-0.2, -0.15) is 0 Å². The second-order valence-corrected chi connectivity index (χ2v) is 3.89. The Kier molecular flexibility index (Phi) is 2.80. The summed E-state index contributed by atoms with van der Waals surface area (Å²) in [7, 11) is 0. The molecule has 0 saturated carbocycles. The maximum absolute atomic E-state index is 13.1. The summed E-state index contributed by atoms with van der Waals surface area (Å²) in [5.74, 6) is -0.803. The summed E-state index contributed by atoms with van der Waals surface area (Å²) in [6, 6.07) is 0. The van der Waals surface area contributed by atoms with Crippen molar-refractivity contribution in [2.24, 2.45) is 0 Å². The molecule has 72 valence electrons. The van der Waals surface area contributed by atoms with Gasteiger partial charge in [0.25, 0.3) is 0 Å². The van der Waals surface area contributed by atoms with E-state index in [1.807, 2.05) is 0 Å². The van der Waals surface area contributed by atoms with E-state index in [1.54, 1.807) is 0 Å². The van der Waals surface area contributed by atoms with Crippen LogP contribution in [0.15, 0.2) is 6.20 Å². The molecule has 1 aromatic rings. The van der Waals surface area contributed by atoms with Gasteiger partial charge >= 0.3 is 0 Å². The highest BCUT2D eigenvalue weighted by molar-refractivity contribution is 6.34. The summed E-state index contributed by atoms with van der Waals surface area (Å²) < 4.78 is 13.1. The normalized spacial score (nSPS) is 11.8. The van der Waals surface area contributed by atoms with Crippen molar-refractivity contribution in [3.63, 3.8) is 0 Å². The van der Waals surface area contributed by atoms with E-state index in [1.165, 1.54) is 20.0 Å². The van der Waals surface area contributed by atoms with E-state index in [0.717, 1.165) is 0 Å². The number of aliphatic hydroxyl groups is 1. The summed E-state index contributed by atoms with van der Waals surface area (Å²) in [6.07, 6.45) is 1.26. The third kappa shape index (κ3) is 2.10. The Morgan fingerprint density at radius 2 is 2.00 bits per heavy atom. The van der Waals surface area contributed by atoms with Gasteiger partial charge in [0, 0.05) is 11.8 Å². The summed E-state index contributed by atoms with van der Waals surface area (Å²) in [5, 5.41) is 9.07. The quantitative estimate of drug-likeness (QED) is 0.744. The smallest absolute Gasteiger partial charge is 0.179 e. The van der Waals surface area contributed by atoms with E-state index in [9.17, 15) is 9.50 Å². The van der Waals surface area contributed by atoms with Crippen molar-refractivity contribution in [1.82, 2.24) is 4.98 Å². The van der Waals surface area contributed by atoms with Gasteiger partial charge in [-0.05, 0) is 13.8 Å². The number of rotatable bonds is 1. The summed E-state index contributed by atoms with van der Waals surface area (Å²) in [5.41, 5.74) is -1.01. The largest absolute Gasteiger partial charge is 0.386 e. The first-order valence-corrected chi connectivity index (χ1v) is 4.32. The molecule has 1 N–H and O–H groups in total. The van der Waals surface area contributed by atoms with Gasteiger partial charge in [-0.25, -0.2) is 9.37 Å². The maximum atomic E-state index is 13.1. The molecule has 0 aliphatic carbocycles. The zero-order chi connectivity index (χ0) is 10.2. The minimum atomic E-state index is -1.23. The maximum Gasteiger partial charge on any atom is 0.179 e. The van der Waals surface area contributed by atoms with E-state index in [4.69, 9.17) is 23.2 Å². The Labute approximate surface area is 85.3 Å². The molecule has 5 heteroatoms. The fraction of sp³-hybridized carbons (Fsp3) is 0.375. The highest BCUT2D eigenvalue weighted by Crippen LogP contribution is 2.31. The van der Waals surface area contributed by atoms with Gasteiger partial charge in [-0.3, -0.25) is 0 Å². The van der Waals surface area contributed by atoms with Crippen LogP contribution >= 0.6 is 23.2 Å². The van der Waals surface area contributed by atoms with Crippen LogP contribution < -0.4 is 0 Å². The zero-order valence-corrected chi connectivity index (χ0v) is 8.62. The van der Waals surface area contributed by atoms with Crippen molar-refractivity contribution in [3.8, 4) is 0 Å². The third-order valence-electron chi connectivity index (χ3n) is 1.58. The lowest BCUT2D eigenvalue weighted by molar-refractivity contribution is 0.0779. The van der Waals surface area contributed by atoms with Crippen LogP contribution in [0.2, 0.25) is 10.2 Å². The highest BCUT2D eigenvalue weighted by atomic mass is 35.5. The molecule has 1 heterocycles. The van der Waals surface area contributed by atoms with Crippen LogP contribution in [0, 0.1) is 5.82 Å². The molecule has 0 fully saturated rings. The molecule has 0 bridgehead atoms. The zero-order valence-electron chi connectivity index (χ0n) is 7.11. The highest BCUT2D eigenvalue weighted by Gasteiger charge is 2.23. The Hall–Kier alpha value is -0.380. The lowest BCUT2D eigenvalue weighted by Gasteiger charge is -2.18. The predicted molar refractivity (Wildman–Crippen MR) is 49.5 cm³/mol. The van der Waals surface area contributed by atoms with E-state index in [-0.39, 0.29) is 15.7 Å². The van der Waals surface area contributed by atoms with E-state index in [0.29, 0.717) is 0 Å². The molecule has 1 rings (SSSR count). The van der Waals surface area contributed by atoms with Gasteiger partial charge in [-0.1, -0.05) is 23.2 Å². The van der Waals surface area contributed by atoms with Gasteiger partial charge in [0.15, 0.2) is 11.0 Å². The second-order valence-electron chi connectivity index (χ2n) is 3.15. The Bertz CT molecular complexity index is 336. The molecule has 0 aliphatic rings. The van der Waals surface area contributed by atoms with Crippen molar-refractivity contribution in [2.45, 2.75) is 19.4 Å². The fourth-order valence-electron chi connectivity index (χ4n) is 0.870. The molecule has 0 aliphatic heterocycles. The van der Waals surface area contributed by atoms with Crippen LogP contribution in [0.3, 0.4) is 0 Å². The van der Waals surface area contributed by atoms with Crippen LogP contribution in [-0.4, -0.2) is 10.1 Å². The molecular formula is C8H8Cl2FNO. The van der Waals surface area contributed by atoms with Crippen LogP contribution in [0.1, 0.15) is 19.4 Å². The minimum Gasteiger partial charge on any atom is -0.386 e. The van der Waals surface area contributed by atoms with Gasteiger partial charge < -0.3 is 5.11 Å². The number of aromatic nitrogens is 1. The average Bonchev–Trinajstić information content (AvgIpc) is 1.98. The number of pyridine rings is 1. The molecule has 0 spiro atoms. The van der Waals surface area contributed by atoms with Gasteiger partial charge in [0.2, 0.25) is 0 Å². The summed E-state index contributed by atoms with van der Waals surface area (Å²) >= 11 is 11.0. The van der Waals surface area contributed by atoms with Gasteiger partial charge in [0.05, 0.1) is 10.6 Å². The SMILES string of the molecule is CC(C)(O)c1cnc(Cl)c(F)c1Cl. The van der Waals surface area contributed by atoms with Gasteiger partial charge in [0.1, 0.15) is 0 Å². The number of halogens is 3. The number of hydrogen-bond acceptors (Lipinski definition) is 2. The first-order valence-electron chi connectivity index (χ1n) is 3.56. The van der Waals surface area contributed by atoms with E-state index >= 15 is 0 Å². The van der Waals surface area contributed by atoms with Crippen molar-refractivity contribution in [2.75, 3.05) is 0 Å². The molecule has 13 heavy (non-hydrogen) atoms. The van der Waals surface area contributed by atoms with Crippen LogP contribution in [0.5, 0.6) is 0 Å². The molecule has 0 radical (unpaired) electrons. The molecule has 0 amide bonds. The monoisotopic (exact) mass is 223 g/mol. The average molecular weight is 224 g/mol. The molecule has 2 nitrogen and oxygen atoms in total. The van der Waals surface area contributed by atoms with Crippen LogP contribution in [-0.2, 0) is 5.60 Å². The van der Waals surface area contributed by atoms with Crippen LogP contribution in [0.4, 0.5) is 4.39 Å². The Morgan fingerprint density at radius 3 is 2.46 bits per heavy atom. The van der Waals surface area contributed by atoms with Gasteiger partial charge in [-0.15, -0.1) is 0 Å². The van der Waals surface area contributed by atoms with Crippen molar-refractivity contribution in [3.05, 3.63) is 27.8 Å². The van der Waals surface area contributed by atoms with E-state index in [2.05, 4.69) is 4.98 Å². The Balaban J connectivity index is 3.35. The molecule has 0 unspecified atom stereocenters. The minimum absolute atomic E-state index is 0.187. The molecule has 0 aromatic carbocycles. The third-order valence-corrected chi connectivity index (χ3v) is 2.21. The Morgan fingerprint density at radius 1 is 1.46 bits per heavy atom. The van der Waals surface area contributed by atoms with Crippen molar-refractivity contribution >= 4 is 23.2 Å². The molecule has 1 aromatic heterocycles. The van der Waals surface area contributed by atoms with E-state index < -0.39 is 11.4 Å². The molecular weight excluding hydrogens is 216 g/mol. The fourth-order valence-corrected chi connectivity index (χ4v) is 1.43. The number of nitrogens with zero attached hydrogens (tertiary/aromatic N) is 1. The van der Waals surface area contributed by atoms with Crippen LogP contribution in [0.25, 0.3) is 0 Å². The molecule has 0 atom stereocenters. The summed E-state index contributed by atoms with van der Waals surface area (Å²) in [4.78, 5) is 3.55. The van der Waals surface area contributed by atoms with Crippen molar-refractivity contribution < 1.29 is 9.50 Å². The predicted octanol–water partition coefficient (Wildman–Crippen LogP) is 2.75. The second kappa shape index (κ2) is 3.40. The lowest BCUT2D eigenvalue weighted by atomic mass is 10.0. The lowest BCUT2D eigenvalue weighted by Crippen LogP contribution is -2.17. The topological polar surface area (TPSA) is 33.1 Å². The van der Waals surface area contributed by atoms with Crippen molar-refractivity contribution in [1.29, 1.82) is 0 Å². The standard InChI is InChI=1S/C8H8Cl2FNO/c1-8(2,13)4-3-12-7(10)6(11)5(4)9/h3,13H,1-2H3. The molecule has 0 saturated heterocycles.